The first kappa shape index (κ1) is 28.1. The molecule has 0 spiro atoms. The summed E-state index contributed by atoms with van der Waals surface area (Å²) >= 11 is 6.69. The highest BCUT2D eigenvalue weighted by Crippen LogP contribution is 2.36. The molecule has 2 aliphatic rings. The number of carbonyl (C=O) groups excluding carboxylic acids is 1. The zero-order valence-corrected chi connectivity index (χ0v) is 24.0. The zero-order valence-electron chi connectivity index (χ0n) is 22.4. The number of carbonyl (C=O) groups is 1. The Morgan fingerprint density at radius 2 is 1.90 bits per heavy atom. The zero-order chi connectivity index (χ0) is 27.6. The average molecular weight is 574 g/mol. The number of halogens is 1. The number of fused-ring (bicyclic) bond motifs is 1. The van der Waals surface area contributed by atoms with E-state index in [4.69, 9.17) is 21.1 Å². The van der Waals surface area contributed by atoms with Crippen LogP contribution in [0, 0.1) is 5.92 Å². The summed E-state index contributed by atoms with van der Waals surface area (Å²) in [5.41, 5.74) is 3.51. The van der Waals surface area contributed by atoms with Crippen molar-refractivity contribution in [1.29, 1.82) is 0 Å². The quantitative estimate of drug-likeness (QED) is 0.405. The average Bonchev–Trinajstić information content (AvgIpc) is 3.28. The molecule has 10 heteroatoms. The van der Waals surface area contributed by atoms with Crippen molar-refractivity contribution < 1.29 is 22.7 Å². The van der Waals surface area contributed by atoms with Crippen molar-refractivity contribution in [2.24, 2.45) is 5.92 Å². The van der Waals surface area contributed by atoms with Crippen molar-refractivity contribution in [3.63, 3.8) is 0 Å². The molecule has 2 heterocycles. The number of rotatable bonds is 8. The number of methoxy groups -OCH3 is 1. The maximum Gasteiger partial charge on any atom is 0.240 e. The lowest BCUT2D eigenvalue weighted by molar-refractivity contribution is -0.144. The molecule has 0 radical (unpaired) electrons. The topological polar surface area (TPSA) is 101 Å². The smallest absolute Gasteiger partial charge is 0.240 e. The molecule has 1 aliphatic heterocycles. The Morgan fingerprint density at radius 1 is 1.15 bits per heavy atom. The maximum absolute atomic E-state index is 13.3. The molecule has 1 unspecified atom stereocenters. The van der Waals surface area contributed by atoms with Gasteiger partial charge in [0.05, 0.1) is 41.5 Å². The van der Waals surface area contributed by atoms with Gasteiger partial charge < -0.3 is 19.4 Å². The van der Waals surface area contributed by atoms with Crippen molar-refractivity contribution in [3.8, 4) is 11.3 Å². The third-order valence-electron chi connectivity index (χ3n) is 7.90. The summed E-state index contributed by atoms with van der Waals surface area (Å²) in [6.07, 6.45) is 3.45. The summed E-state index contributed by atoms with van der Waals surface area (Å²) in [5, 5.41) is 1.33. The molecule has 1 aromatic heterocycles. The van der Waals surface area contributed by atoms with E-state index in [1.165, 1.54) is 5.56 Å². The van der Waals surface area contributed by atoms with Gasteiger partial charge in [-0.1, -0.05) is 35.9 Å². The van der Waals surface area contributed by atoms with Crippen LogP contribution in [0.3, 0.4) is 0 Å². The highest BCUT2D eigenvalue weighted by atomic mass is 35.5. The van der Waals surface area contributed by atoms with Gasteiger partial charge in [0.15, 0.2) is 0 Å². The van der Waals surface area contributed by atoms with Crippen LogP contribution in [0.25, 0.3) is 22.2 Å². The van der Waals surface area contributed by atoms with E-state index in [0.717, 1.165) is 23.1 Å². The highest BCUT2D eigenvalue weighted by molar-refractivity contribution is 7.89. The largest absolute Gasteiger partial charge is 0.384 e. The lowest BCUT2D eigenvalue weighted by Gasteiger charge is -2.37. The first-order valence-electron chi connectivity index (χ1n) is 13.6. The lowest BCUT2D eigenvalue weighted by Crippen LogP contribution is -2.50. The van der Waals surface area contributed by atoms with Crippen LogP contribution in [0.1, 0.15) is 38.2 Å². The number of nitrogens with zero attached hydrogens (tertiary/aromatic N) is 1. The number of H-pyrrole nitrogens is 1. The predicted molar refractivity (Wildman–Crippen MR) is 152 cm³/mol. The van der Waals surface area contributed by atoms with E-state index < -0.39 is 10.0 Å². The van der Waals surface area contributed by atoms with Gasteiger partial charge in [-0.2, -0.15) is 0 Å². The van der Waals surface area contributed by atoms with Crippen molar-refractivity contribution >= 4 is 38.4 Å². The van der Waals surface area contributed by atoms with Crippen LogP contribution >= 0.6 is 11.6 Å². The molecule has 2 N–H and O–H groups in total. The molecule has 8 nitrogen and oxygen atoms in total. The molecule has 1 amide bonds. The maximum atomic E-state index is 13.3. The summed E-state index contributed by atoms with van der Waals surface area (Å²) in [4.78, 5) is 18.4. The number of hydrogen-bond donors (Lipinski definition) is 2. The Kier molecular flexibility index (Phi) is 8.63. The Labute approximate surface area is 235 Å². The fourth-order valence-electron chi connectivity index (χ4n) is 5.60. The molecule has 1 atom stereocenters. The molecule has 1 saturated heterocycles. The SMILES string of the molecule is COCCc1ccc(-c2[nH]c3cc(S(=O)(=O)NC4CCC(C(=O)N5CCOCC5C)CC4)ccc3c2Cl)cc1. The number of hydrogen-bond acceptors (Lipinski definition) is 5. The normalized spacial score (nSPS) is 22.3. The van der Waals surface area contributed by atoms with E-state index >= 15 is 0 Å². The minimum atomic E-state index is -3.74. The summed E-state index contributed by atoms with van der Waals surface area (Å²) in [5.74, 6) is 0.109. The van der Waals surface area contributed by atoms with Gasteiger partial charge in [-0.15, -0.1) is 0 Å². The van der Waals surface area contributed by atoms with Gasteiger partial charge >= 0.3 is 0 Å². The molecule has 3 aromatic rings. The van der Waals surface area contributed by atoms with Gasteiger partial charge in [0, 0.05) is 36.5 Å². The van der Waals surface area contributed by atoms with Crippen LogP contribution in [0.15, 0.2) is 47.4 Å². The minimum Gasteiger partial charge on any atom is -0.384 e. The fraction of sp³-hybridized carbons (Fsp3) is 0.483. The molecule has 5 rings (SSSR count). The van der Waals surface area contributed by atoms with Crippen molar-refractivity contribution in [1.82, 2.24) is 14.6 Å². The van der Waals surface area contributed by atoms with Gasteiger partial charge in [-0.05, 0) is 68.4 Å². The second-order valence-electron chi connectivity index (χ2n) is 10.6. The summed E-state index contributed by atoms with van der Waals surface area (Å²) < 4.78 is 40.0. The van der Waals surface area contributed by atoms with Crippen LogP contribution in [0.5, 0.6) is 0 Å². The molecular weight excluding hydrogens is 538 g/mol. The van der Waals surface area contributed by atoms with Crippen LogP contribution in [-0.4, -0.2) is 69.8 Å². The van der Waals surface area contributed by atoms with Gasteiger partial charge in [0.25, 0.3) is 0 Å². The molecular formula is C29H36ClN3O5S. The van der Waals surface area contributed by atoms with Crippen LogP contribution in [-0.2, 0) is 30.7 Å². The van der Waals surface area contributed by atoms with E-state index in [2.05, 4.69) is 9.71 Å². The molecule has 1 aliphatic carbocycles. The van der Waals surface area contributed by atoms with Crippen molar-refractivity contribution in [2.75, 3.05) is 33.5 Å². The van der Waals surface area contributed by atoms with E-state index in [1.54, 1.807) is 25.3 Å². The lowest BCUT2D eigenvalue weighted by atomic mass is 9.85. The number of morpholine rings is 1. The summed E-state index contributed by atoms with van der Waals surface area (Å²) in [7, 11) is -2.05. The fourth-order valence-corrected chi connectivity index (χ4v) is 7.25. The standard InChI is InChI=1S/C29H36ClN3O5S/c1-19-18-38-16-14-33(19)29(34)22-7-9-23(10-8-22)32-39(35,36)24-11-12-25-26(17-24)31-28(27(25)30)21-5-3-20(4-6-21)13-15-37-2/h3-6,11-12,17,19,22-23,31-32H,7-10,13-16,18H2,1-2H3. The van der Waals surface area contributed by atoms with E-state index in [9.17, 15) is 13.2 Å². The third kappa shape index (κ3) is 6.18. The third-order valence-corrected chi connectivity index (χ3v) is 9.81. The monoisotopic (exact) mass is 573 g/mol. The second kappa shape index (κ2) is 12.0. The molecule has 2 aromatic carbocycles. The Bertz CT molecular complexity index is 1410. The number of amides is 1. The number of benzene rings is 2. The van der Waals surface area contributed by atoms with Crippen LogP contribution in [0.2, 0.25) is 5.02 Å². The molecule has 1 saturated carbocycles. The highest BCUT2D eigenvalue weighted by Gasteiger charge is 2.34. The number of aromatic nitrogens is 1. The predicted octanol–water partition coefficient (Wildman–Crippen LogP) is 4.76. The number of aromatic amines is 1. The summed E-state index contributed by atoms with van der Waals surface area (Å²) in [6, 6.07) is 12.9. The van der Waals surface area contributed by atoms with E-state index in [1.807, 2.05) is 36.1 Å². The number of sulfonamides is 1. The van der Waals surface area contributed by atoms with Crippen LogP contribution in [0.4, 0.5) is 0 Å². The first-order chi connectivity index (χ1) is 18.8. The minimum absolute atomic E-state index is 0.0591. The molecule has 39 heavy (non-hydrogen) atoms. The van der Waals surface area contributed by atoms with Crippen molar-refractivity contribution in [3.05, 3.63) is 53.1 Å². The van der Waals surface area contributed by atoms with Gasteiger partial charge in [-0.3, -0.25) is 4.79 Å². The Morgan fingerprint density at radius 3 is 2.59 bits per heavy atom. The van der Waals surface area contributed by atoms with Gasteiger partial charge in [0.1, 0.15) is 0 Å². The van der Waals surface area contributed by atoms with Gasteiger partial charge in [0.2, 0.25) is 15.9 Å². The first-order valence-corrected chi connectivity index (χ1v) is 15.4. The number of nitrogens with one attached hydrogen (secondary N) is 2. The molecule has 0 bridgehead atoms. The van der Waals surface area contributed by atoms with Gasteiger partial charge in [-0.25, -0.2) is 13.1 Å². The van der Waals surface area contributed by atoms with E-state index in [0.29, 0.717) is 62.6 Å². The van der Waals surface area contributed by atoms with E-state index in [-0.39, 0.29) is 28.8 Å². The summed E-state index contributed by atoms with van der Waals surface area (Å²) in [6.45, 7) is 4.43. The second-order valence-corrected chi connectivity index (χ2v) is 12.7. The molecule has 2 fully saturated rings. The van der Waals surface area contributed by atoms with Crippen molar-refractivity contribution in [2.45, 2.75) is 56.0 Å². The Balaban J connectivity index is 1.25. The number of ether oxygens (including phenoxy) is 2. The molecule has 210 valence electrons. The van der Waals surface area contributed by atoms with Crippen LogP contribution < -0.4 is 4.72 Å². The Hall–Kier alpha value is -2.43.